The molecular formula is C11H14BrN3O3. The second-order valence-corrected chi connectivity index (χ2v) is 5.34. The SMILES string of the molecule is Cn1cc(Br)cc1C(=O)N1CC(O)CC1C(N)=O. The highest BCUT2D eigenvalue weighted by Gasteiger charge is 2.38. The van der Waals surface area contributed by atoms with Crippen molar-refractivity contribution in [3.05, 3.63) is 22.4 Å². The molecule has 0 saturated carbocycles. The highest BCUT2D eigenvalue weighted by Crippen LogP contribution is 2.22. The first-order valence-corrected chi connectivity index (χ1v) is 6.29. The molecule has 0 aliphatic carbocycles. The van der Waals surface area contributed by atoms with Crippen LogP contribution in [-0.2, 0) is 11.8 Å². The van der Waals surface area contributed by atoms with Crippen molar-refractivity contribution in [3.63, 3.8) is 0 Å². The average Bonchev–Trinajstić information content (AvgIpc) is 2.81. The van der Waals surface area contributed by atoms with Crippen molar-refractivity contribution in [1.82, 2.24) is 9.47 Å². The minimum absolute atomic E-state index is 0.134. The summed E-state index contributed by atoms with van der Waals surface area (Å²) in [5, 5.41) is 9.57. The number of rotatable bonds is 2. The molecule has 18 heavy (non-hydrogen) atoms. The molecule has 2 unspecified atom stereocenters. The van der Waals surface area contributed by atoms with E-state index < -0.39 is 18.1 Å². The summed E-state index contributed by atoms with van der Waals surface area (Å²) in [5.74, 6) is -0.892. The Kier molecular flexibility index (Phi) is 3.45. The zero-order valence-corrected chi connectivity index (χ0v) is 11.4. The summed E-state index contributed by atoms with van der Waals surface area (Å²) >= 11 is 3.28. The Morgan fingerprint density at radius 2 is 2.22 bits per heavy atom. The van der Waals surface area contributed by atoms with Gasteiger partial charge in [-0.05, 0) is 22.0 Å². The molecule has 1 aromatic rings. The van der Waals surface area contributed by atoms with Gasteiger partial charge >= 0.3 is 0 Å². The fraction of sp³-hybridized carbons (Fsp3) is 0.455. The van der Waals surface area contributed by atoms with Crippen LogP contribution in [0, 0.1) is 0 Å². The van der Waals surface area contributed by atoms with E-state index in [1.807, 2.05) is 0 Å². The molecule has 0 bridgehead atoms. The van der Waals surface area contributed by atoms with E-state index in [-0.39, 0.29) is 18.9 Å². The standard InChI is InChI=1S/C11H14BrN3O3/c1-14-4-6(12)2-9(14)11(18)15-5-7(16)3-8(15)10(13)17/h2,4,7-8,16H,3,5H2,1H3,(H2,13,17). The minimum atomic E-state index is -0.735. The molecule has 1 fully saturated rings. The minimum Gasteiger partial charge on any atom is -0.391 e. The van der Waals surface area contributed by atoms with Gasteiger partial charge in [0, 0.05) is 30.7 Å². The Hall–Kier alpha value is -1.34. The lowest BCUT2D eigenvalue weighted by Gasteiger charge is -2.21. The van der Waals surface area contributed by atoms with E-state index in [9.17, 15) is 14.7 Å². The summed E-state index contributed by atoms with van der Waals surface area (Å²) in [6, 6.07) is 0.937. The Morgan fingerprint density at radius 3 is 2.72 bits per heavy atom. The number of halogens is 1. The first kappa shape index (κ1) is 13.1. The van der Waals surface area contributed by atoms with Gasteiger partial charge in [0.05, 0.1) is 6.10 Å². The van der Waals surface area contributed by atoms with Crippen molar-refractivity contribution >= 4 is 27.7 Å². The van der Waals surface area contributed by atoms with Gasteiger partial charge in [-0.3, -0.25) is 9.59 Å². The second-order valence-electron chi connectivity index (χ2n) is 4.42. The van der Waals surface area contributed by atoms with Crippen LogP contribution in [0.5, 0.6) is 0 Å². The number of likely N-dealkylation sites (tertiary alicyclic amines) is 1. The van der Waals surface area contributed by atoms with E-state index in [2.05, 4.69) is 15.9 Å². The maximum Gasteiger partial charge on any atom is 0.271 e. The predicted octanol–water partition coefficient (Wildman–Crippen LogP) is -0.152. The first-order valence-electron chi connectivity index (χ1n) is 5.50. The van der Waals surface area contributed by atoms with E-state index >= 15 is 0 Å². The number of primary amides is 1. The molecule has 2 rings (SSSR count). The molecule has 2 amide bonds. The van der Waals surface area contributed by atoms with E-state index in [4.69, 9.17) is 5.73 Å². The van der Waals surface area contributed by atoms with Gasteiger partial charge in [-0.2, -0.15) is 0 Å². The van der Waals surface area contributed by atoms with Gasteiger partial charge in [0.1, 0.15) is 11.7 Å². The zero-order valence-electron chi connectivity index (χ0n) is 9.84. The van der Waals surface area contributed by atoms with Gasteiger partial charge in [0.15, 0.2) is 0 Å². The van der Waals surface area contributed by atoms with Gasteiger partial charge < -0.3 is 20.3 Å². The van der Waals surface area contributed by atoms with E-state index in [0.717, 1.165) is 4.47 Å². The van der Waals surface area contributed by atoms with E-state index in [0.29, 0.717) is 5.69 Å². The van der Waals surface area contributed by atoms with Crippen molar-refractivity contribution in [2.45, 2.75) is 18.6 Å². The molecule has 1 aliphatic heterocycles. The largest absolute Gasteiger partial charge is 0.391 e. The maximum atomic E-state index is 12.3. The Balaban J connectivity index is 2.28. The molecule has 2 heterocycles. The van der Waals surface area contributed by atoms with Crippen molar-refractivity contribution < 1.29 is 14.7 Å². The molecule has 7 heteroatoms. The number of amides is 2. The number of hydrogen-bond donors (Lipinski definition) is 2. The summed E-state index contributed by atoms with van der Waals surface area (Å²) in [7, 11) is 1.74. The monoisotopic (exact) mass is 315 g/mol. The summed E-state index contributed by atoms with van der Waals surface area (Å²) in [5.41, 5.74) is 5.70. The lowest BCUT2D eigenvalue weighted by atomic mass is 10.2. The lowest BCUT2D eigenvalue weighted by Crippen LogP contribution is -2.44. The van der Waals surface area contributed by atoms with Crippen LogP contribution in [0.25, 0.3) is 0 Å². The normalized spacial score (nSPS) is 23.4. The van der Waals surface area contributed by atoms with Crippen molar-refractivity contribution in [3.8, 4) is 0 Å². The molecule has 3 N–H and O–H groups in total. The summed E-state index contributed by atoms with van der Waals surface area (Å²) < 4.78 is 2.44. The van der Waals surface area contributed by atoms with Gasteiger partial charge in [-0.15, -0.1) is 0 Å². The van der Waals surface area contributed by atoms with E-state index in [1.165, 1.54) is 4.90 Å². The van der Waals surface area contributed by atoms with Crippen LogP contribution < -0.4 is 5.73 Å². The molecule has 1 saturated heterocycles. The molecular weight excluding hydrogens is 302 g/mol. The quantitative estimate of drug-likeness (QED) is 0.795. The van der Waals surface area contributed by atoms with E-state index in [1.54, 1.807) is 23.9 Å². The number of aromatic nitrogens is 1. The molecule has 2 atom stereocenters. The Labute approximate surface area is 112 Å². The molecule has 98 valence electrons. The highest BCUT2D eigenvalue weighted by molar-refractivity contribution is 9.10. The summed E-state index contributed by atoms with van der Waals surface area (Å²) in [6.07, 6.45) is 1.25. The Bertz CT molecular complexity index is 500. The third kappa shape index (κ3) is 2.28. The van der Waals surface area contributed by atoms with Crippen LogP contribution in [0.3, 0.4) is 0 Å². The van der Waals surface area contributed by atoms with Crippen LogP contribution in [0.2, 0.25) is 0 Å². The number of nitrogens with zero attached hydrogens (tertiary/aromatic N) is 2. The maximum absolute atomic E-state index is 12.3. The van der Waals surface area contributed by atoms with Crippen molar-refractivity contribution in [2.75, 3.05) is 6.54 Å². The number of aliphatic hydroxyl groups excluding tert-OH is 1. The molecule has 6 nitrogen and oxygen atoms in total. The Morgan fingerprint density at radius 1 is 1.56 bits per heavy atom. The fourth-order valence-electron chi connectivity index (χ4n) is 2.19. The second kappa shape index (κ2) is 4.74. The smallest absolute Gasteiger partial charge is 0.271 e. The van der Waals surface area contributed by atoms with Crippen LogP contribution >= 0.6 is 15.9 Å². The fourth-order valence-corrected chi connectivity index (χ4v) is 2.72. The zero-order chi connectivity index (χ0) is 13.4. The van der Waals surface area contributed by atoms with Crippen LogP contribution in [0.1, 0.15) is 16.9 Å². The van der Waals surface area contributed by atoms with Crippen LogP contribution in [0.4, 0.5) is 0 Å². The number of carbonyl (C=O) groups is 2. The average molecular weight is 316 g/mol. The highest BCUT2D eigenvalue weighted by atomic mass is 79.9. The lowest BCUT2D eigenvalue weighted by molar-refractivity contribution is -0.121. The number of nitrogens with two attached hydrogens (primary N) is 1. The number of aliphatic hydroxyl groups is 1. The molecule has 0 spiro atoms. The van der Waals surface area contributed by atoms with Crippen molar-refractivity contribution in [2.24, 2.45) is 12.8 Å². The van der Waals surface area contributed by atoms with Gasteiger partial charge in [-0.1, -0.05) is 0 Å². The van der Waals surface area contributed by atoms with Crippen molar-refractivity contribution in [1.29, 1.82) is 0 Å². The molecule has 0 aromatic carbocycles. The molecule has 1 aliphatic rings. The summed E-state index contributed by atoms with van der Waals surface area (Å²) in [4.78, 5) is 24.9. The predicted molar refractivity (Wildman–Crippen MR) is 67.8 cm³/mol. The van der Waals surface area contributed by atoms with Gasteiger partial charge in [0.2, 0.25) is 5.91 Å². The summed E-state index contributed by atoms with van der Waals surface area (Å²) in [6.45, 7) is 0.134. The van der Waals surface area contributed by atoms with Crippen LogP contribution in [-0.4, -0.2) is 45.1 Å². The third-order valence-corrected chi connectivity index (χ3v) is 3.49. The number of carbonyl (C=O) groups excluding carboxylic acids is 2. The number of β-amino-alcohol motifs (C(OH)–C–C–N with tert-alkyl or cyclic N) is 1. The topological polar surface area (TPSA) is 88.6 Å². The number of aryl methyl sites for hydroxylation is 1. The van der Waals surface area contributed by atoms with Crippen LogP contribution in [0.15, 0.2) is 16.7 Å². The molecule has 1 aromatic heterocycles. The number of hydrogen-bond acceptors (Lipinski definition) is 3. The molecule has 0 radical (unpaired) electrons. The third-order valence-electron chi connectivity index (χ3n) is 3.06. The first-order chi connectivity index (χ1) is 8.40. The van der Waals surface area contributed by atoms with Gasteiger partial charge in [0.25, 0.3) is 5.91 Å². The van der Waals surface area contributed by atoms with Gasteiger partial charge in [-0.25, -0.2) is 0 Å².